The molecule has 1 unspecified atom stereocenters. The summed E-state index contributed by atoms with van der Waals surface area (Å²) in [5.74, 6) is -1.54. The lowest BCUT2D eigenvalue weighted by molar-refractivity contribution is -0.141. The van der Waals surface area contributed by atoms with Crippen molar-refractivity contribution in [3.63, 3.8) is 0 Å². The number of piperidine rings is 3. The van der Waals surface area contributed by atoms with Gasteiger partial charge in [-0.15, -0.1) is 0 Å². The van der Waals surface area contributed by atoms with Crippen molar-refractivity contribution in [3.8, 4) is 0 Å². The largest absolute Gasteiger partial charge is 0.433 e. The molecular weight excluding hydrogens is 1190 g/mol. The lowest BCUT2D eigenvalue weighted by Gasteiger charge is -2.34. The van der Waals surface area contributed by atoms with Gasteiger partial charge in [-0.25, -0.2) is 19.7 Å². The van der Waals surface area contributed by atoms with Gasteiger partial charge >= 0.3 is 11.9 Å². The molecule has 1 saturated carbocycles. The van der Waals surface area contributed by atoms with E-state index >= 15 is 0 Å². The van der Waals surface area contributed by atoms with Gasteiger partial charge in [0.15, 0.2) is 11.5 Å². The number of alkyl halides is 3. The highest BCUT2D eigenvalue weighted by molar-refractivity contribution is 6.05. The molecule has 0 radical (unpaired) electrons. The Kier molecular flexibility index (Phi) is 19.2. The summed E-state index contributed by atoms with van der Waals surface area (Å²) < 4.78 is 45.2. The zero-order chi connectivity index (χ0) is 65.0. The number of amides is 6. The first-order chi connectivity index (χ1) is 44.1. The minimum Gasteiger partial charge on any atom is -0.386 e. The fourth-order valence-corrected chi connectivity index (χ4v) is 13.4. The number of hydrogen-bond donors (Lipinski definition) is 6. The van der Waals surface area contributed by atoms with E-state index in [1.807, 2.05) is 46.1 Å². The quantitative estimate of drug-likeness (QED) is 0.0296. The van der Waals surface area contributed by atoms with E-state index in [0.717, 1.165) is 79.7 Å². The number of nitrogens with one attached hydrogen (secondary N) is 4. The highest BCUT2D eigenvalue weighted by atomic mass is 19.4. The molecule has 4 aliphatic rings. The summed E-state index contributed by atoms with van der Waals surface area (Å²) in [6, 6.07) is 19.2. The number of nitrogens with two attached hydrogens (primary N) is 1. The normalized spacial score (nSPS) is 18.5. The van der Waals surface area contributed by atoms with Gasteiger partial charge in [0.2, 0.25) is 23.6 Å². The third-order valence-electron chi connectivity index (χ3n) is 18.4. The summed E-state index contributed by atoms with van der Waals surface area (Å²) in [5.41, 5.74) is 7.50. The Morgan fingerprint density at radius 1 is 0.848 bits per heavy atom. The number of anilines is 4. The number of para-hydroxylation sites is 1. The minimum absolute atomic E-state index is 0.00338. The van der Waals surface area contributed by atoms with Gasteiger partial charge in [0.25, 0.3) is 11.8 Å². The molecule has 7 heterocycles. The highest BCUT2D eigenvalue weighted by Gasteiger charge is 2.35. The molecule has 11 rings (SSSR count). The molecule has 486 valence electrons. The molecule has 4 aromatic heterocycles. The maximum absolute atomic E-state index is 14.3. The van der Waals surface area contributed by atoms with Crippen LogP contribution in [0.4, 0.5) is 36.2 Å². The molecule has 0 bridgehead atoms. The van der Waals surface area contributed by atoms with Gasteiger partial charge in [0, 0.05) is 87.2 Å². The average molecular weight is 1270 g/mol. The second kappa shape index (κ2) is 27.4. The topological polar surface area (TPSA) is 290 Å². The molecule has 1 aliphatic carbocycles. The first-order valence-corrected chi connectivity index (χ1v) is 31.8. The Labute approximate surface area is 529 Å². The summed E-state index contributed by atoms with van der Waals surface area (Å²) in [4.78, 5) is 111. The summed E-state index contributed by atoms with van der Waals surface area (Å²) in [7, 11) is 1.69. The lowest BCUT2D eigenvalue weighted by atomic mass is 9.85. The van der Waals surface area contributed by atoms with Crippen LogP contribution >= 0.6 is 0 Å². The van der Waals surface area contributed by atoms with E-state index in [1.54, 1.807) is 29.9 Å². The van der Waals surface area contributed by atoms with Crippen molar-refractivity contribution in [1.29, 1.82) is 0 Å². The average Bonchev–Trinajstić information content (AvgIpc) is 1.60. The molecule has 0 spiro atoms. The zero-order valence-electron chi connectivity index (χ0n) is 51.9. The van der Waals surface area contributed by atoms with Gasteiger partial charge in [-0.2, -0.15) is 18.3 Å². The molecule has 3 aromatic carbocycles. The molecule has 1 atom stereocenters. The van der Waals surface area contributed by atoms with Crippen molar-refractivity contribution in [3.05, 3.63) is 129 Å². The van der Waals surface area contributed by atoms with Gasteiger partial charge in [-0.3, -0.25) is 52.8 Å². The summed E-state index contributed by atoms with van der Waals surface area (Å²) in [6.07, 6.45) is 8.34. The lowest BCUT2D eigenvalue weighted by Crippen LogP contribution is -2.46. The number of halogens is 3. The standard InChI is InChI=1S/C66H78F3N15O8/c1-65(2,92)47-36-49-44(35-50(47)75-62(89)48-13-10-15-53(74-48)66(67,68)69)38-83(78-49)46-22-18-43(19-23-46)61(88)71-28-34-80(29-8-5-11-42-12-9-14-51-58(42)79(3)64(91)84(51)52-24-25-55(85)77-63(52)90)39-56(86)82-32-26-41(27-33-82)40-16-20-45(21-17-40)73-60-57(59(70)87)72-37-54(76-60)81-30-6-4-7-31-81/h9-10,12-17,20-21,35-38,41,43,46,52,92H,4-8,11,18-19,22-34,39H2,1-3H3,(H2,70,87)(H,71,88)(H,73,76)(H,75,89)(H,77,85,90)/t43-,46-,52?. The van der Waals surface area contributed by atoms with Crippen LogP contribution in [0.2, 0.25) is 0 Å². The predicted octanol–water partition coefficient (Wildman–Crippen LogP) is 7.76. The van der Waals surface area contributed by atoms with E-state index in [0.29, 0.717) is 111 Å². The smallest absolute Gasteiger partial charge is 0.386 e. The Hall–Kier alpha value is -9.04. The Morgan fingerprint density at radius 2 is 1.59 bits per heavy atom. The molecule has 23 nitrogen and oxygen atoms in total. The maximum atomic E-state index is 14.3. The fraction of sp³-hybridized carbons (Fsp3) is 0.470. The van der Waals surface area contributed by atoms with E-state index in [9.17, 15) is 51.8 Å². The van der Waals surface area contributed by atoms with Crippen molar-refractivity contribution in [2.45, 2.75) is 134 Å². The van der Waals surface area contributed by atoms with Crippen LogP contribution in [0.15, 0.2) is 90.0 Å². The van der Waals surface area contributed by atoms with Crippen LogP contribution in [0.3, 0.4) is 0 Å². The molecule has 92 heavy (non-hydrogen) atoms. The fourth-order valence-electron chi connectivity index (χ4n) is 13.4. The third kappa shape index (κ3) is 14.7. The summed E-state index contributed by atoms with van der Waals surface area (Å²) in [5, 5.41) is 28.0. The van der Waals surface area contributed by atoms with Gasteiger partial charge in [0.05, 0.1) is 40.9 Å². The number of aromatic nitrogens is 7. The number of primary amides is 1. The van der Waals surface area contributed by atoms with Crippen molar-refractivity contribution in [1.82, 2.24) is 54.3 Å². The molecule has 3 aliphatic heterocycles. The van der Waals surface area contributed by atoms with E-state index in [-0.39, 0.29) is 72.1 Å². The maximum Gasteiger partial charge on any atom is 0.433 e. The van der Waals surface area contributed by atoms with Crippen molar-refractivity contribution < 1.29 is 47.0 Å². The van der Waals surface area contributed by atoms with Crippen LogP contribution in [0.25, 0.3) is 21.9 Å². The number of hydrogen-bond acceptors (Lipinski definition) is 15. The number of rotatable bonds is 21. The Morgan fingerprint density at radius 3 is 2.29 bits per heavy atom. The van der Waals surface area contributed by atoms with E-state index in [2.05, 4.69) is 53.2 Å². The minimum atomic E-state index is -4.75. The number of aliphatic hydroxyl groups is 1. The first kappa shape index (κ1) is 64.5. The molecule has 6 amide bonds. The first-order valence-electron chi connectivity index (χ1n) is 31.8. The van der Waals surface area contributed by atoms with Gasteiger partial charge in [-0.05, 0) is 163 Å². The molecule has 7 N–H and O–H groups in total. The second-order valence-electron chi connectivity index (χ2n) is 25.2. The van der Waals surface area contributed by atoms with Gasteiger partial charge in [-0.1, -0.05) is 30.3 Å². The van der Waals surface area contributed by atoms with Crippen LogP contribution in [0.1, 0.15) is 159 Å². The number of likely N-dealkylation sites (tertiary alicyclic amines) is 1. The summed E-state index contributed by atoms with van der Waals surface area (Å²) >= 11 is 0. The molecular formula is C66H78F3N15O8. The number of pyridine rings is 1. The van der Waals surface area contributed by atoms with Crippen LogP contribution in [0, 0.1) is 5.92 Å². The van der Waals surface area contributed by atoms with E-state index in [4.69, 9.17) is 15.8 Å². The zero-order valence-corrected chi connectivity index (χ0v) is 51.9. The number of nitrogens with zero attached hydrogens (tertiary/aromatic N) is 10. The predicted molar refractivity (Wildman–Crippen MR) is 339 cm³/mol. The Bertz CT molecular complexity index is 3970. The molecule has 26 heteroatoms. The molecule has 7 aromatic rings. The van der Waals surface area contributed by atoms with Gasteiger partial charge < -0.3 is 36.6 Å². The number of imidazole rings is 1. The molecule has 3 saturated heterocycles. The summed E-state index contributed by atoms with van der Waals surface area (Å²) in [6.45, 7) is 7.37. The number of fused-ring (bicyclic) bond motifs is 2. The number of carbonyl (C=O) groups is 6. The number of benzene rings is 3. The van der Waals surface area contributed by atoms with Crippen LogP contribution < -0.4 is 37.6 Å². The third-order valence-corrected chi connectivity index (χ3v) is 18.4. The number of imide groups is 1. The number of carbonyl (C=O) groups excluding carboxylic acids is 6. The SMILES string of the molecule is Cn1c(=O)n(C2CCC(=O)NC2=O)c2cccc(CCCCN(CCNC(=O)[C@H]3CC[C@H](n4cc5cc(NC(=O)c6cccc(C(F)(F)F)n6)c(C(C)(C)O)cc5n4)CC3)CC(=O)N3CCC(c4ccc(Nc5nc(N6CCCCC6)cnc5C(N)=O)cc4)CC3)c21. The number of unbranched alkanes of at least 4 members (excludes halogenated alkanes) is 1. The second-order valence-corrected chi connectivity index (χ2v) is 25.2. The highest BCUT2D eigenvalue weighted by Crippen LogP contribution is 2.37. The number of aryl methyl sites for hydroxylation is 2. The van der Waals surface area contributed by atoms with Crippen molar-refractivity contribution >= 4 is 80.4 Å². The van der Waals surface area contributed by atoms with E-state index < -0.39 is 46.9 Å². The van der Waals surface area contributed by atoms with Crippen LogP contribution in [-0.4, -0.2) is 137 Å². The van der Waals surface area contributed by atoms with Crippen molar-refractivity contribution in [2.75, 3.05) is 67.9 Å². The van der Waals surface area contributed by atoms with Crippen molar-refractivity contribution in [2.24, 2.45) is 18.7 Å². The van der Waals surface area contributed by atoms with Crippen LogP contribution in [0.5, 0.6) is 0 Å². The van der Waals surface area contributed by atoms with Crippen LogP contribution in [-0.2, 0) is 44.4 Å². The van der Waals surface area contributed by atoms with E-state index in [1.165, 1.54) is 24.5 Å². The Balaban J connectivity index is 0.712. The van der Waals surface area contributed by atoms with Gasteiger partial charge in [0.1, 0.15) is 23.2 Å². The monoisotopic (exact) mass is 1270 g/mol. The molecule has 4 fully saturated rings.